The molecule has 1 aromatic rings. The van der Waals surface area contributed by atoms with E-state index in [1.54, 1.807) is 11.3 Å². The van der Waals surface area contributed by atoms with Crippen LogP contribution in [0.5, 0.6) is 0 Å². The summed E-state index contributed by atoms with van der Waals surface area (Å²) >= 11 is 1.78. The zero-order valence-corrected chi connectivity index (χ0v) is 13.8. The van der Waals surface area contributed by atoms with Crippen molar-refractivity contribution < 1.29 is 4.74 Å². The van der Waals surface area contributed by atoms with E-state index in [1.807, 2.05) is 6.20 Å². The van der Waals surface area contributed by atoms with Gasteiger partial charge in [-0.3, -0.25) is 0 Å². The van der Waals surface area contributed by atoms with E-state index in [9.17, 15) is 0 Å². The minimum Gasteiger partial charge on any atom is -0.368 e. The molecule has 0 saturated heterocycles. The molecule has 0 radical (unpaired) electrons. The molecule has 1 aromatic heterocycles. The van der Waals surface area contributed by atoms with Crippen molar-refractivity contribution in [2.75, 3.05) is 13.2 Å². The largest absolute Gasteiger partial charge is 0.368 e. The number of nitrogens with one attached hydrogen (secondary N) is 1. The second-order valence-electron chi connectivity index (χ2n) is 5.29. The molecule has 0 bridgehead atoms. The molecule has 0 spiro atoms. The average Bonchev–Trinajstić information content (AvgIpc) is 2.85. The van der Waals surface area contributed by atoms with E-state index in [2.05, 4.69) is 44.9 Å². The second-order valence-corrected chi connectivity index (χ2v) is 6.41. The SMILES string of the molecule is CCOC(CC)(CC)c1ncc(CNCC(C)C)s1. The Morgan fingerprint density at radius 1 is 1.32 bits per heavy atom. The normalized spacial score (nSPS) is 12.3. The van der Waals surface area contributed by atoms with E-state index < -0.39 is 0 Å². The maximum atomic E-state index is 6.00. The summed E-state index contributed by atoms with van der Waals surface area (Å²) in [5, 5.41) is 4.59. The number of nitrogens with zero attached hydrogens (tertiary/aromatic N) is 1. The zero-order chi connectivity index (χ0) is 14.3. The Morgan fingerprint density at radius 2 is 2.00 bits per heavy atom. The number of thiazole rings is 1. The van der Waals surface area contributed by atoms with E-state index in [0.717, 1.165) is 37.5 Å². The molecule has 0 amide bonds. The van der Waals surface area contributed by atoms with Crippen molar-refractivity contribution in [1.82, 2.24) is 10.3 Å². The van der Waals surface area contributed by atoms with Crippen molar-refractivity contribution in [3.8, 4) is 0 Å². The predicted molar refractivity (Wildman–Crippen MR) is 82.5 cm³/mol. The van der Waals surface area contributed by atoms with Crippen LogP contribution in [0.2, 0.25) is 0 Å². The molecule has 0 aromatic carbocycles. The number of hydrogen-bond acceptors (Lipinski definition) is 4. The van der Waals surface area contributed by atoms with Crippen LogP contribution in [0.15, 0.2) is 6.20 Å². The van der Waals surface area contributed by atoms with Gasteiger partial charge in [0.1, 0.15) is 10.6 Å². The third-order valence-electron chi connectivity index (χ3n) is 3.36. The molecule has 110 valence electrons. The molecule has 4 heteroatoms. The molecule has 3 nitrogen and oxygen atoms in total. The van der Waals surface area contributed by atoms with Crippen LogP contribution in [0.4, 0.5) is 0 Å². The van der Waals surface area contributed by atoms with Gasteiger partial charge >= 0.3 is 0 Å². The molecule has 0 atom stereocenters. The molecule has 19 heavy (non-hydrogen) atoms. The zero-order valence-electron chi connectivity index (χ0n) is 13.0. The highest BCUT2D eigenvalue weighted by molar-refractivity contribution is 7.11. The first-order valence-electron chi connectivity index (χ1n) is 7.37. The van der Waals surface area contributed by atoms with Crippen molar-refractivity contribution in [3.63, 3.8) is 0 Å². The van der Waals surface area contributed by atoms with Gasteiger partial charge in [0.05, 0.1) is 0 Å². The van der Waals surface area contributed by atoms with Gasteiger partial charge in [-0.1, -0.05) is 27.7 Å². The molecular formula is C15H28N2OS. The standard InChI is InChI=1S/C15H28N2OS/c1-6-15(7-2,18-8-3)14-17-11-13(19-14)10-16-9-12(4)5/h11-12,16H,6-10H2,1-5H3. The van der Waals surface area contributed by atoms with Crippen molar-refractivity contribution >= 4 is 11.3 Å². The summed E-state index contributed by atoms with van der Waals surface area (Å²) in [4.78, 5) is 5.89. The van der Waals surface area contributed by atoms with Crippen LogP contribution < -0.4 is 5.32 Å². The smallest absolute Gasteiger partial charge is 0.125 e. The molecule has 1 rings (SSSR count). The van der Waals surface area contributed by atoms with E-state index in [-0.39, 0.29) is 5.60 Å². The summed E-state index contributed by atoms with van der Waals surface area (Å²) in [5.74, 6) is 0.682. The molecule has 0 aliphatic carbocycles. The molecule has 0 fully saturated rings. The highest BCUT2D eigenvalue weighted by Crippen LogP contribution is 2.35. The molecule has 0 saturated carbocycles. The van der Waals surface area contributed by atoms with E-state index in [0.29, 0.717) is 5.92 Å². The van der Waals surface area contributed by atoms with Gasteiger partial charge in [-0.15, -0.1) is 11.3 Å². The number of ether oxygens (including phenoxy) is 1. The van der Waals surface area contributed by atoms with Crippen LogP contribution in [-0.4, -0.2) is 18.1 Å². The lowest BCUT2D eigenvalue weighted by Gasteiger charge is -2.29. The van der Waals surface area contributed by atoms with Gasteiger partial charge in [0, 0.05) is 24.2 Å². The fourth-order valence-electron chi connectivity index (χ4n) is 2.18. The first kappa shape index (κ1) is 16.6. The number of aromatic nitrogens is 1. The quantitative estimate of drug-likeness (QED) is 0.746. The molecular weight excluding hydrogens is 256 g/mol. The molecule has 0 aliphatic heterocycles. The predicted octanol–water partition coefficient (Wildman–Crippen LogP) is 3.94. The van der Waals surface area contributed by atoms with Gasteiger partial charge in [-0.2, -0.15) is 0 Å². The Kier molecular flexibility index (Phi) is 6.97. The van der Waals surface area contributed by atoms with Crippen molar-refractivity contribution in [1.29, 1.82) is 0 Å². The minimum atomic E-state index is -0.185. The Balaban J connectivity index is 2.70. The van der Waals surface area contributed by atoms with Gasteiger partial charge in [-0.25, -0.2) is 4.98 Å². The average molecular weight is 284 g/mol. The maximum absolute atomic E-state index is 6.00. The summed E-state index contributed by atoms with van der Waals surface area (Å²) in [7, 11) is 0. The highest BCUT2D eigenvalue weighted by Gasteiger charge is 2.32. The summed E-state index contributed by atoms with van der Waals surface area (Å²) in [6, 6.07) is 0. The van der Waals surface area contributed by atoms with Gasteiger partial charge in [-0.05, 0) is 32.2 Å². The Hall–Kier alpha value is -0.450. The summed E-state index contributed by atoms with van der Waals surface area (Å²) in [5.41, 5.74) is -0.185. The molecule has 0 aliphatic rings. The first-order valence-corrected chi connectivity index (χ1v) is 8.19. The van der Waals surface area contributed by atoms with Crippen molar-refractivity contribution in [2.45, 2.75) is 59.6 Å². The lowest BCUT2D eigenvalue weighted by atomic mass is 9.98. The topological polar surface area (TPSA) is 34.1 Å². The summed E-state index contributed by atoms with van der Waals surface area (Å²) in [6.45, 7) is 13.5. The van der Waals surface area contributed by atoms with Crippen molar-refractivity contribution in [3.05, 3.63) is 16.1 Å². The highest BCUT2D eigenvalue weighted by atomic mass is 32.1. The van der Waals surface area contributed by atoms with Crippen molar-refractivity contribution in [2.24, 2.45) is 5.92 Å². The van der Waals surface area contributed by atoms with Gasteiger partial charge in [0.25, 0.3) is 0 Å². The molecule has 0 unspecified atom stereocenters. The lowest BCUT2D eigenvalue weighted by molar-refractivity contribution is -0.0506. The molecule has 1 heterocycles. The first-order chi connectivity index (χ1) is 9.07. The third-order valence-corrected chi connectivity index (χ3v) is 4.54. The van der Waals surface area contributed by atoms with Gasteiger partial charge in [0.15, 0.2) is 0 Å². The van der Waals surface area contributed by atoms with Crippen LogP contribution in [0.3, 0.4) is 0 Å². The van der Waals surface area contributed by atoms with Crippen LogP contribution in [0.25, 0.3) is 0 Å². The van der Waals surface area contributed by atoms with Crippen LogP contribution in [0.1, 0.15) is 57.3 Å². The summed E-state index contributed by atoms with van der Waals surface area (Å²) in [6.07, 6.45) is 3.94. The minimum absolute atomic E-state index is 0.185. The van der Waals surface area contributed by atoms with Crippen LogP contribution >= 0.6 is 11.3 Å². The summed E-state index contributed by atoms with van der Waals surface area (Å²) < 4.78 is 6.00. The Morgan fingerprint density at radius 3 is 2.53 bits per heavy atom. The second kappa shape index (κ2) is 7.98. The Labute approximate surface area is 121 Å². The number of hydrogen-bond donors (Lipinski definition) is 1. The third kappa shape index (κ3) is 4.55. The van der Waals surface area contributed by atoms with Crippen LogP contribution in [0, 0.1) is 5.92 Å². The maximum Gasteiger partial charge on any atom is 0.125 e. The Bertz CT molecular complexity index is 359. The fourth-order valence-corrected chi connectivity index (χ4v) is 3.35. The molecule has 1 N–H and O–H groups in total. The van der Waals surface area contributed by atoms with E-state index in [4.69, 9.17) is 4.74 Å². The van der Waals surface area contributed by atoms with Crippen LogP contribution in [-0.2, 0) is 16.9 Å². The monoisotopic (exact) mass is 284 g/mol. The lowest BCUT2D eigenvalue weighted by Crippen LogP contribution is -2.28. The van der Waals surface area contributed by atoms with E-state index >= 15 is 0 Å². The van der Waals surface area contributed by atoms with Gasteiger partial charge < -0.3 is 10.1 Å². The van der Waals surface area contributed by atoms with E-state index in [1.165, 1.54) is 4.88 Å². The fraction of sp³-hybridized carbons (Fsp3) is 0.800. The number of rotatable bonds is 9. The van der Waals surface area contributed by atoms with Gasteiger partial charge in [0.2, 0.25) is 0 Å².